The van der Waals surface area contributed by atoms with Crippen molar-refractivity contribution in [2.45, 2.75) is 13.8 Å². The van der Waals surface area contributed by atoms with E-state index < -0.39 is 0 Å². The molecule has 74 heavy (non-hydrogen) atoms. The van der Waals surface area contributed by atoms with Crippen molar-refractivity contribution in [3.05, 3.63) is 170 Å². The molecule has 0 fully saturated rings. The molecule has 0 bridgehead atoms. The molecule has 0 unspecified atom stereocenters. The van der Waals surface area contributed by atoms with Crippen LogP contribution < -0.4 is 31.9 Å². The van der Waals surface area contributed by atoms with Gasteiger partial charge >= 0.3 is 0 Å². The van der Waals surface area contributed by atoms with Crippen molar-refractivity contribution in [2.24, 2.45) is 0 Å². The van der Waals surface area contributed by atoms with Crippen LogP contribution in [0.4, 0.5) is 64.3 Å². The Hall–Kier alpha value is -10.9. The van der Waals surface area contributed by atoms with Gasteiger partial charge in [-0.25, -0.2) is 29.9 Å². The number of nitrogens with one attached hydrogen (secondary N) is 11. The predicted molar refractivity (Wildman–Crippen MR) is 287 cm³/mol. The summed E-state index contributed by atoms with van der Waals surface area (Å²) in [7, 11) is 1.80. The number of rotatable bonds is 11. The van der Waals surface area contributed by atoms with E-state index in [-0.39, 0.29) is 0 Å². The first-order valence-corrected chi connectivity index (χ1v) is 22.9. The lowest BCUT2D eigenvalue weighted by Gasteiger charge is -2.09. The van der Waals surface area contributed by atoms with Crippen LogP contribution in [-0.4, -0.2) is 97.9 Å². The molecule has 9 aromatic heterocycles. The van der Waals surface area contributed by atoms with Crippen LogP contribution in [0.25, 0.3) is 43.6 Å². The number of nitrogens with zero attached hydrogens (tertiary/aromatic N) is 13. The van der Waals surface area contributed by atoms with Crippen LogP contribution in [0.15, 0.2) is 159 Å². The Morgan fingerprint density at radius 1 is 0.365 bits per heavy atom. The van der Waals surface area contributed by atoms with E-state index in [0.717, 1.165) is 95.7 Å². The quantitative estimate of drug-likeness (QED) is 0.0574. The van der Waals surface area contributed by atoms with Crippen LogP contribution in [0.5, 0.6) is 0 Å². The second-order valence-corrected chi connectivity index (χ2v) is 16.0. The number of para-hydroxylation sites is 4. The largest absolute Gasteiger partial charge is 0.357 e. The number of fused-ring (bicyclic) bond motifs is 4. The van der Waals surface area contributed by atoms with Gasteiger partial charge in [0.05, 0.1) is 40.7 Å². The minimum Gasteiger partial charge on any atom is -0.357 e. The van der Waals surface area contributed by atoms with E-state index in [4.69, 9.17) is 0 Å². The molecule has 0 aliphatic heterocycles. The molecular weight excluding hydrogens is 937 g/mol. The van der Waals surface area contributed by atoms with Crippen molar-refractivity contribution in [3.63, 3.8) is 0 Å². The summed E-state index contributed by atoms with van der Waals surface area (Å²) in [4.78, 5) is 34.7. The summed E-state index contributed by atoms with van der Waals surface area (Å²) in [5.74, 6) is 7.81. The zero-order valence-electron chi connectivity index (χ0n) is 39.8. The van der Waals surface area contributed by atoms with Gasteiger partial charge < -0.3 is 31.9 Å². The van der Waals surface area contributed by atoms with Gasteiger partial charge in [0.2, 0.25) is 11.9 Å². The van der Waals surface area contributed by atoms with Crippen molar-refractivity contribution in [2.75, 3.05) is 38.9 Å². The van der Waals surface area contributed by atoms with Crippen LogP contribution in [0.3, 0.4) is 0 Å². The topological polar surface area (TPSA) is 319 Å². The monoisotopic (exact) mass is 982 g/mol. The first kappa shape index (κ1) is 46.8. The van der Waals surface area contributed by atoms with E-state index in [1.807, 2.05) is 141 Å². The zero-order chi connectivity index (χ0) is 50.5. The van der Waals surface area contributed by atoms with E-state index in [2.05, 4.69) is 123 Å². The third-order valence-electron chi connectivity index (χ3n) is 10.7. The Labute approximate surface area is 420 Å². The van der Waals surface area contributed by atoms with Crippen LogP contribution in [0.1, 0.15) is 11.4 Å². The maximum atomic E-state index is 4.55. The summed E-state index contributed by atoms with van der Waals surface area (Å²) in [6.45, 7) is 3.89. The molecule has 11 N–H and O–H groups in total. The molecule has 13 rings (SSSR count). The lowest BCUT2D eigenvalue weighted by Crippen LogP contribution is -2.02. The Balaban J connectivity index is 0.000000114. The second kappa shape index (κ2) is 22.2. The van der Waals surface area contributed by atoms with Gasteiger partial charge in [0.1, 0.15) is 53.4 Å². The van der Waals surface area contributed by atoms with Crippen molar-refractivity contribution in [1.29, 1.82) is 0 Å². The fraction of sp³-hybridized carbons (Fsp3) is 0.0600. The average Bonchev–Trinajstić information content (AvgIpc) is 4.32. The number of hydrogen-bond donors (Lipinski definition) is 11. The van der Waals surface area contributed by atoms with Crippen molar-refractivity contribution >= 4 is 108 Å². The molecule has 9 heterocycles. The molecule has 0 spiro atoms. The van der Waals surface area contributed by atoms with Gasteiger partial charge in [-0.1, -0.05) is 48.5 Å². The van der Waals surface area contributed by atoms with Crippen molar-refractivity contribution in [3.8, 4) is 0 Å². The maximum absolute atomic E-state index is 4.55. The third-order valence-corrected chi connectivity index (χ3v) is 10.7. The van der Waals surface area contributed by atoms with Gasteiger partial charge in [-0.15, -0.1) is 0 Å². The molecule has 0 amide bonds. The Bertz CT molecular complexity index is 3860. The van der Waals surface area contributed by atoms with E-state index in [0.29, 0.717) is 23.5 Å². The summed E-state index contributed by atoms with van der Waals surface area (Å²) in [6.07, 6.45) is 8.14. The molecule has 0 aliphatic rings. The molecule has 366 valence electrons. The number of aryl methyl sites for hydroxylation is 2. The smallest absolute Gasteiger partial charge is 0.230 e. The summed E-state index contributed by atoms with van der Waals surface area (Å²) >= 11 is 0. The average molecular weight is 983 g/mol. The maximum Gasteiger partial charge on any atom is 0.230 e. The van der Waals surface area contributed by atoms with Gasteiger partial charge in [0.25, 0.3) is 0 Å². The zero-order valence-corrected chi connectivity index (χ0v) is 39.8. The summed E-state index contributed by atoms with van der Waals surface area (Å²) in [5, 5.41) is 56.9. The molecular formula is C50H46N24. The molecule has 0 saturated heterocycles. The SMILES string of the molecule is CNc1nc(Nc2ccn[nH]2)c2ccccc2n1.Cc1cc(Nc2nc(Nc3ccn[nH]3)c3ccccc3n2)n[nH]1.Cc1cc(Nc2ncnc3ccccc23)n[nH]1.c1ccc2c(Nc3ccn[nH]3)ncnc2c1. The molecule has 24 heteroatoms. The Kier molecular flexibility index (Phi) is 14.1. The van der Waals surface area contributed by atoms with E-state index in [9.17, 15) is 0 Å². The molecule has 0 saturated carbocycles. The van der Waals surface area contributed by atoms with Crippen LogP contribution in [0, 0.1) is 13.8 Å². The van der Waals surface area contributed by atoms with Gasteiger partial charge in [-0.3, -0.25) is 25.5 Å². The lowest BCUT2D eigenvalue weighted by molar-refractivity contribution is 1.04. The third kappa shape index (κ3) is 11.6. The van der Waals surface area contributed by atoms with E-state index in [1.165, 1.54) is 0 Å². The molecule has 24 nitrogen and oxygen atoms in total. The minimum atomic E-state index is 0.470. The Morgan fingerprint density at radius 2 is 0.757 bits per heavy atom. The summed E-state index contributed by atoms with van der Waals surface area (Å²) in [6, 6.07) is 40.7. The standard InChI is InChI=1S/C15H14N8.C12H12N6.C12H11N5.C11H9N5/c1-9-8-13(23-21-9)19-15-17-11-5-3-2-4-10(11)14(20-15)18-12-6-7-16-22-12;1-13-12-15-9-5-3-2-4-8(9)11(17-12)16-10-6-7-14-18-10;1-8-6-11(17-16-8)15-12-9-4-2-3-5-10(9)13-7-14-12;1-2-4-9-8(3-1)11(13-7-12-9)15-10-5-6-14-16-10/h2-8H,1H3,(H4,16,17,18,19,20,21,22,23);2-7H,1H3,(H3,13,14,15,16,17,18);2-7H,1H3,(H2,13,14,15,16,17);1-7H,(H2,12,13,14,15,16). The van der Waals surface area contributed by atoms with Crippen molar-refractivity contribution < 1.29 is 0 Å². The first-order chi connectivity index (χ1) is 36.4. The van der Waals surface area contributed by atoms with Gasteiger partial charge in [-0.2, -0.15) is 35.5 Å². The number of anilines is 11. The highest BCUT2D eigenvalue weighted by molar-refractivity contribution is 5.93. The second-order valence-electron chi connectivity index (χ2n) is 16.0. The minimum absolute atomic E-state index is 0.470. The number of aromatic nitrogens is 18. The molecule has 0 atom stereocenters. The fourth-order valence-electron chi connectivity index (χ4n) is 7.28. The van der Waals surface area contributed by atoms with Crippen molar-refractivity contribution in [1.82, 2.24) is 90.9 Å². The van der Waals surface area contributed by atoms with Crippen LogP contribution in [0.2, 0.25) is 0 Å². The highest BCUT2D eigenvalue weighted by Crippen LogP contribution is 2.27. The lowest BCUT2D eigenvalue weighted by atomic mass is 10.2. The summed E-state index contributed by atoms with van der Waals surface area (Å²) < 4.78 is 0. The van der Waals surface area contributed by atoms with E-state index in [1.54, 1.807) is 38.3 Å². The van der Waals surface area contributed by atoms with Gasteiger partial charge in [0.15, 0.2) is 11.6 Å². The predicted octanol–water partition coefficient (Wildman–Crippen LogP) is 9.51. The molecule has 13 aromatic rings. The van der Waals surface area contributed by atoms with Gasteiger partial charge in [0, 0.05) is 70.3 Å². The molecule has 4 aromatic carbocycles. The van der Waals surface area contributed by atoms with E-state index >= 15 is 0 Å². The van der Waals surface area contributed by atoms with Gasteiger partial charge in [-0.05, 0) is 62.4 Å². The number of H-pyrrole nitrogens is 5. The normalized spacial score (nSPS) is 10.6. The molecule has 0 aliphatic carbocycles. The first-order valence-electron chi connectivity index (χ1n) is 22.9. The fourth-order valence-corrected chi connectivity index (χ4v) is 7.28. The molecule has 0 radical (unpaired) electrons. The van der Waals surface area contributed by atoms with Crippen LogP contribution in [-0.2, 0) is 0 Å². The highest BCUT2D eigenvalue weighted by Gasteiger charge is 2.11. The van der Waals surface area contributed by atoms with Crippen LogP contribution >= 0.6 is 0 Å². The highest BCUT2D eigenvalue weighted by atomic mass is 15.3. The number of benzene rings is 4. The summed E-state index contributed by atoms with van der Waals surface area (Å²) in [5.41, 5.74) is 5.52. The number of aromatic amines is 5. The number of hydrogen-bond acceptors (Lipinski definition) is 19. The Morgan fingerprint density at radius 3 is 1.19 bits per heavy atom.